The fourth-order valence-electron chi connectivity index (χ4n) is 3.29. The number of ether oxygens (including phenoxy) is 2. The van der Waals surface area contributed by atoms with Gasteiger partial charge in [-0.15, -0.1) is 21.5 Å². The first-order chi connectivity index (χ1) is 16.2. The molecule has 5 rings (SSSR count). The fraction of sp³-hybridized carbons (Fsp3) is 0.174. The zero-order chi connectivity index (χ0) is 22.6. The molecule has 0 atom stereocenters. The monoisotopic (exact) mass is 499 g/mol. The van der Waals surface area contributed by atoms with Crippen molar-refractivity contribution in [2.24, 2.45) is 0 Å². The molecule has 1 aliphatic heterocycles. The number of fused-ring (bicyclic) bond motifs is 1. The molecular formula is C23H18ClN3O4S2. The van der Waals surface area contributed by atoms with Crippen molar-refractivity contribution in [3.8, 4) is 23.0 Å². The topological polar surface area (TPSA) is 77.7 Å². The molecule has 3 heterocycles. The molecule has 0 radical (unpaired) electrons. The number of aromatic nitrogens is 2. The predicted molar refractivity (Wildman–Crippen MR) is 128 cm³/mol. The number of hydrogen-bond donors (Lipinski definition) is 0. The Kier molecular flexibility index (Phi) is 6.52. The van der Waals surface area contributed by atoms with Crippen LogP contribution in [-0.4, -0.2) is 35.1 Å². The molecule has 0 saturated carbocycles. The van der Waals surface area contributed by atoms with Crippen LogP contribution in [0.2, 0.25) is 5.02 Å². The number of halogens is 1. The molecule has 7 nitrogen and oxygen atoms in total. The van der Waals surface area contributed by atoms with E-state index >= 15 is 0 Å². The number of carbonyl (C=O) groups is 1. The molecule has 1 aliphatic rings. The summed E-state index contributed by atoms with van der Waals surface area (Å²) in [6, 6.07) is 16.7. The lowest BCUT2D eigenvalue weighted by Crippen LogP contribution is -2.31. The van der Waals surface area contributed by atoms with Gasteiger partial charge in [0.2, 0.25) is 11.8 Å². The molecule has 0 bridgehead atoms. The second-order valence-electron chi connectivity index (χ2n) is 7.06. The zero-order valence-electron chi connectivity index (χ0n) is 17.3. The second kappa shape index (κ2) is 9.86. The van der Waals surface area contributed by atoms with E-state index in [1.165, 1.54) is 11.8 Å². The molecule has 0 spiro atoms. The summed E-state index contributed by atoms with van der Waals surface area (Å²) in [5.74, 6) is 1.72. The summed E-state index contributed by atoms with van der Waals surface area (Å²) in [4.78, 5) is 16.1. The van der Waals surface area contributed by atoms with E-state index in [2.05, 4.69) is 10.2 Å². The quantitative estimate of drug-likeness (QED) is 0.308. The first-order valence-corrected chi connectivity index (χ1v) is 12.3. The Bertz CT molecular complexity index is 1260. The van der Waals surface area contributed by atoms with E-state index in [1.807, 2.05) is 47.8 Å². The van der Waals surface area contributed by atoms with E-state index in [-0.39, 0.29) is 11.7 Å². The molecule has 4 aromatic rings. The van der Waals surface area contributed by atoms with Crippen molar-refractivity contribution in [2.75, 3.05) is 23.9 Å². The van der Waals surface area contributed by atoms with Crippen LogP contribution in [0.25, 0.3) is 11.5 Å². The number of anilines is 1. The number of thiophene rings is 1. The molecule has 0 aliphatic carbocycles. The minimum absolute atomic E-state index is 0.0902. The number of thioether (sulfide) groups is 1. The van der Waals surface area contributed by atoms with Crippen LogP contribution in [-0.2, 0) is 11.3 Å². The van der Waals surface area contributed by atoms with Crippen LogP contribution in [0.5, 0.6) is 11.5 Å². The van der Waals surface area contributed by atoms with Crippen LogP contribution in [0.1, 0.15) is 4.88 Å². The number of benzene rings is 2. The highest BCUT2D eigenvalue weighted by Crippen LogP contribution is 2.35. The summed E-state index contributed by atoms with van der Waals surface area (Å²) in [5, 5.41) is 11.0. The van der Waals surface area contributed by atoms with Gasteiger partial charge in [-0.05, 0) is 41.8 Å². The van der Waals surface area contributed by atoms with Gasteiger partial charge in [-0.25, -0.2) is 0 Å². The number of hydrogen-bond acceptors (Lipinski definition) is 8. The maximum atomic E-state index is 13.3. The average Bonchev–Trinajstić information content (AvgIpc) is 3.53. The van der Waals surface area contributed by atoms with Gasteiger partial charge in [0.05, 0.1) is 12.3 Å². The van der Waals surface area contributed by atoms with Crippen LogP contribution >= 0.6 is 34.7 Å². The van der Waals surface area contributed by atoms with Gasteiger partial charge in [-0.1, -0.05) is 35.5 Å². The van der Waals surface area contributed by atoms with Crippen LogP contribution in [0, 0.1) is 0 Å². The Morgan fingerprint density at radius 1 is 1.06 bits per heavy atom. The molecule has 168 valence electrons. The minimum Gasteiger partial charge on any atom is -0.486 e. The van der Waals surface area contributed by atoms with Crippen molar-refractivity contribution >= 4 is 46.3 Å². The predicted octanol–water partition coefficient (Wildman–Crippen LogP) is 5.55. The van der Waals surface area contributed by atoms with E-state index < -0.39 is 0 Å². The summed E-state index contributed by atoms with van der Waals surface area (Å²) in [6.45, 7) is 1.45. The summed E-state index contributed by atoms with van der Waals surface area (Å²) in [7, 11) is 0. The third-order valence-electron chi connectivity index (χ3n) is 4.83. The highest BCUT2D eigenvalue weighted by Gasteiger charge is 2.21. The van der Waals surface area contributed by atoms with E-state index in [0.29, 0.717) is 47.4 Å². The molecule has 33 heavy (non-hydrogen) atoms. The molecule has 0 N–H and O–H groups in total. The lowest BCUT2D eigenvalue weighted by molar-refractivity contribution is -0.116. The highest BCUT2D eigenvalue weighted by molar-refractivity contribution is 7.99. The standard InChI is InChI=1S/C23H18ClN3O4S2/c24-16-4-1-3-15(11-16)22-25-26-23(31-22)33-14-21(28)27(13-18-5-2-10-32-18)17-6-7-19-20(12-17)30-9-8-29-19/h1-7,10-12H,8-9,13-14H2. The molecule has 10 heteroatoms. The van der Waals surface area contributed by atoms with Gasteiger partial charge in [0.15, 0.2) is 11.5 Å². The minimum atomic E-state index is -0.0902. The Labute approximate surface area is 203 Å². The van der Waals surface area contributed by atoms with Gasteiger partial charge in [-0.2, -0.15) is 0 Å². The lowest BCUT2D eigenvalue weighted by atomic mass is 10.2. The van der Waals surface area contributed by atoms with Gasteiger partial charge in [0.1, 0.15) is 13.2 Å². The summed E-state index contributed by atoms with van der Waals surface area (Å²) in [6.07, 6.45) is 0. The van der Waals surface area contributed by atoms with E-state index in [0.717, 1.165) is 16.1 Å². The zero-order valence-corrected chi connectivity index (χ0v) is 19.7. The van der Waals surface area contributed by atoms with E-state index in [4.69, 9.17) is 25.5 Å². The molecule has 2 aromatic heterocycles. The molecule has 0 fully saturated rings. The molecule has 1 amide bonds. The van der Waals surface area contributed by atoms with Gasteiger partial charge in [0.25, 0.3) is 5.22 Å². The Hall–Kier alpha value is -3.01. The first kappa shape index (κ1) is 21.8. The third-order valence-corrected chi connectivity index (χ3v) is 6.73. The fourth-order valence-corrected chi connectivity index (χ4v) is 4.81. The van der Waals surface area contributed by atoms with Crippen LogP contribution in [0.4, 0.5) is 5.69 Å². The van der Waals surface area contributed by atoms with Gasteiger partial charge in [-0.3, -0.25) is 4.79 Å². The number of amides is 1. The third kappa shape index (κ3) is 5.16. The molecule has 0 unspecified atom stereocenters. The summed E-state index contributed by atoms with van der Waals surface area (Å²) >= 11 is 8.83. The molecule has 0 saturated heterocycles. The van der Waals surface area contributed by atoms with Gasteiger partial charge in [0, 0.05) is 27.2 Å². The van der Waals surface area contributed by atoms with E-state index in [9.17, 15) is 4.79 Å². The largest absolute Gasteiger partial charge is 0.486 e. The number of nitrogens with zero attached hydrogens (tertiary/aromatic N) is 3. The van der Waals surface area contributed by atoms with Crippen molar-refractivity contribution < 1.29 is 18.7 Å². The maximum absolute atomic E-state index is 13.3. The van der Waals surface area contributed by atoms with Crippen molar-refractivity contribution in [1.82, 2.24) is 10.2 Å². The average molecular weight is 500 g/mol. The highest BCUT2D eigenvalue weighted by atomic mass is 35.5. The Morgan fingerprint density at radius 3 is 2.76 bits per heavy atom. The smallest absolute Gasteiger partial charge is 0.277 e. The summed E-state index contributed by atoms with van der Waals surface area (Å²) < 4.78 is 17.0. The van der Waals surface area contributed by atoms with Crippen LogP contribution in [0.15, 0.2) is 69.6 Å². The normalized spacial score (nSPS) is 12.5. The number of rotatable bonds is 7. The van der Waals surface area contributed by atoms with Crippen LogP contribution < -0.4 is 14.4 Å². The van der Waals surface area contributed by atoms with Gasteiger partial charge >= 0.3 is 0 Å². The van der Waals surface area contributed by atoms with Crippen molar-refractivity contribution in [3.05, 3.63) is 69.9 Å². The maximum Gasteiger partial charge on any atom is 0.277 e. The van der Waals surface area contributed by atoms with Crippen molar-refractivity contribution in [1.29, 1.82) is 0 Å². The van der Waals surface area contributed by atoms with Gasteiger partial charge < -0.3 is 18.8 Å². The van der Waals surface area contributed by atoms with Crippen molar-refractivity contribution in [3.63, 3.8) is 0 Å². The SMILES string of the molecule is O=C(CSc1nnc(-c2cccc(Cl)c2)o1)N(Cc1cccs1)c1ccc2c(c1)OCCO2. The van der Waals surface area contributed by atoms with Crippen LogP contribution in [0.3, 0.4) is 0 Å². The number of carbonyl (C=O) groups excluding carboxylic acids is 1. The van der Waals surface area contributed by atoms with Crippen molar-refractivity contribution in [2.45, 2.75) is 11.8 Å². The Morgan fingerprint density at radius 2 is 1.94 bits per heavy atom. The molecular weight excluding hydrogens is 482 g/mol. The van der Waals surface area contributed by atoms with E-state index in [1.54, 1.807) is 28.4 Å². The molecule has 2 aromatic carbocycles. The Balaban J connectivity index is 1.32. The first-order valence-electron chi connectivity index (χ1n) is 10.1. The lowest BCUT2D eigenvalue weighted by Gasteiger charge is -2.25. The second-order valence-corrected chi connectivity index (χ2v) is 9.45. The summed E-state index contributed by atoms with van der Waals surface area (Å²) in [5.41, 5.74) is 1.46.